The van der Waals surface area contributed by atoms with E-state index in [4.69, 9.17) is 4.74 Å². The molecule has 0 radical (unpaired) electrons. The van der Waals surface area contributed by atoms with Crippen molar-refractivity contribution in [2.75, 3.05) is 19.7 Å². The number of hydrogen-bond donors (Lipinski definition) is 1. The zero-order valence-electron chi connectivity index (χ0n) is 11.3. The molecule has 18 heavy (non-hydrogen) atoms. The van der Waals surface area contributed by atoms with Crippen molar-refractivity contribution in [2.45, 2.75) is 39.2 Å². The van der Waals surface area contributed by atoms with E-state index in [1.54, 1.807) is 0 Å². The Labute approximate surface area is 119 Å². The predicted molar refractivity (Wildman–Crippen MR) is 80.8 cm³/mol. The maximum atomic E-state index is 5.68. The highest BCUT2D eigenvalue weighted by molar-refractivity contribution is 9.10. The summed E-state index contributed by atoms with van der Waals surface area (Å²) < 4.78 is 6.81. The fraction of sp³-hybridized carbons (Fsp3) is 0.600. The van der Waals surface area contributed by atoms with Crippen molar-refractivity contribution < 1.29 is 4.74 Å². The van der Waals surface area contributed by atoms with Crippen LogP contribution < -0.4 is 5.32 Å². The molecule has 0 aliphatic heterocycles. The summed E-state index contributed by atoms with van der Waals surface area (Å²) in [5.41, 5.74) is 1.22. The molecule has 0 aromatic heterocycles. The summed E-state index contributed by atoms with van der Waals surface area (Å²) in [5.74, 6) is 0. The molecule has 3 heteroatoms. The highest BCUT2D eigenvalue weighted by Crippen LogP contribution is 2.16. The molecular weight excluding hydrogens is 290 g/mol. The van der Waals surface area contributed by atoms with Crippen molar-refractivity contribution in [3.05, 3.63) is 34.3 Å². The zero-order valence-corrected chi connectivity index (χ0v) is 12.8. The number of halogens is 1. The van der Waals surface area contributed by atoms with E-state index in [0.29, 0.717) is 6.61 Å². The Hall–Kier alpha value is -0.380. The first kappa shape index (κ1) is 15.7. The Bertz CT molecular complexity index is 317. The van der Waals surface area contributed by atoms with Crippen LogP contribution in [0.1, 0.15) is 38.2 Å². The lowest BCUT2D eigenvalue weighted by Gasteiger charge is -2.06. The van der Waals surface area contributed by atoms with E-state index in [-0.39, 0.29) is 0 Å². The standard InChI is InChI=1S/C15H24BrNO/c1-2-10-17-11-6-3-7-12-18-13-14-8-4-5-9-15(14)16/h4-5,8-9,17H,2-3,6-7,10-13H2,1H3. The first-order valence-electron chi connectivity index (χ1n) is 6.86. The molecule has 1 N–H and O–H groups in total. The fourth-order valence-electron chi connectivity index (χ4n) is 1.73. The van der Waals surface area contributed by atoms with Crippen LogP contribution in [-0.2, 0) is 11.3 Å². The zero-order chi connectivity index (χ0) is 13.1. The van der Waals surface area contributed by atoms with Crippen LogP contribution in [-0.4, -0.2) is 19.7 Å². The maximum absolute atomic E-state index is 5.68. The van der Waals surface area contributed by atoms with Crippen LogP contribution in [0.3, 0.4) is 0 Å². The maximum Gasteiger partial charge on any atom is 0.0727 e. The average Bonchev–Trinajstić information content (AvgIpc) is 2.39. The van der Waals surface area contributed by atoms with E-state index < -0.39 is 0 Å². The molecule has 0 amide bonds. The van der Waals surface area contributed by atoms with Gasteiger partial charge in [0.15, 0.2) is 0 Å². The minimum Gasteiger partial charge on any atom is -0.377 e. The molecule has 1 rings (SSSR count). The number of hydrogen-bond acceptors (Lipinski definition) is 2. The van der Waals surface area contributed by atoms with Crippen molar-refractivity contribution in [3.8, 4) is 0 Å². The Morgan fingerprint density at radius 3 is 2.72 bits per heavy atom. The molecule has 2 nitrogen and oxygen atoms in total. The van der Waals surface area contributed by atoms with Crippen molar-refractivity contribution >= 4 is 15.9 Å². The third-order valence-electron chi connectivity index (χ3n) is 2.78. The van der Waals surface area contributed by atoms with Gasteiger partial charge in [0, 0.05) is 11.1 Å². The van der Waals surface area contributed by atoms with Gasteiger partial charge in [-0.05, 0) is 50.4 Å². The second kappa shape index (κ2) is 10.5. The molecule has 0 fully saturated rings. The molecule has 0 unspecified atom stereocenters. The van der Waals surface area contributed by atoms with Crippen LogP contribution in [0.25, 0.3) is 0 Å². The topological polar surface area (TPSA) is 21.3 Å². The smallest absolute Gasteiger partial charge is 0.0727 e. The van der Waals surface area contributed by atoms with Gasteiger partial charge in [0.25, 0.3) is 0 Å². The molecule has 0 heterocycles. The van der Waals surface area contributed by atoms with Crippen molar-refractivity contribution in [1.29, 1.82) is 0 Å². The van der Waals surface area contributed by atoms with Crippen LogP contribution in [0.2, 0.25) is 0 Å². The van der Waals surface area contributed by atoms with Gasteiger partial charge in [-0.3, -0.25) is 0 Å². The minimum atomic E-state index is 0.704. The number of rotatable bonds is 10. The van der Waals surface area contributed by atoms with Gasteiger partial charge in [-0.2, -0.15) is 0 Å². The first-order valence-corrected chi connectivity index (χ1v) is 7.65. The third kappa shape index (κ3) is 7.14. The van der Waals surface area contributed by atoms with Gasteiger partial charge in [0.1, 0.15) is 0 Å². The van der Waals surface area contributed by atoms with Crippen molar-refractivity contribution in [2.24, 2.45) is 0 Å². The summed E-state index contributed by atoms with van der Waals surface area (Å²) in [5, 5.41) is 3.41. The van der Waals surface area contributed by atoms with Crippen LogP contribution >= 0.6 is 15.9 Å². The van der Waals surface area contributed by atoms with Crippen LogP contribution in [0, 0.1) is 0 Å². The van der Waals surface area contributed by atoms with Gasteiger partial charge in [0.05, 0.1) is 6.61 Å². The van der Waals surface area contributed by atoms with E-state index in [1.165, 1.54) is 24.8 Å². The van der Waals surface area contributed by atoms with E-state index in [2.05, 4.69) is 40.3 Å². The molecule has 0 aliphatic carbocycles. The number of unbranched alkanes of at least 4 members (excludes halogenated alkanes) is 2. The van der Waals surface area contributed by atoms with Crippen LogP contribution in [0.5, 0.6) is 0 Å². The largest absolute Gasteiger partial charge is 0.377 e. The molecule has 0 atom stereocenters. The summed E-state index contributed by atoms with van der Waals surface area (Å²) in [6.45, 7) is 6.03. The Kier molecular flexibility index (Phi) is 9.17. The Morgan fingerprint density at radius 1 is 1.11 bits per heavy atom. The lowest BCUT2D eigenvalue weighted by atomic mass is 10.2. The van der Waals surface area contributed by atoms with Crippen molar-refractivity contribution in [1.82, 2.24) is 5.32 Å². The van der Waals surface area contributed by atoms with Gasteiger partial charge >= 0.3 is 0 Å². The summed E-state index contributed by atoms with van der Waals surface area (Å²) in [4.78, 5) is 0. The lowest BCUT2D eigenvalue weighted by Crippen LogP contribution is -2.15. The second-order valence-electron chi connectivity index (χ2n) is 4.45. The molecule has 1 aromatic rings. The summed E-state index contributed by atoms with van der Waals surface area (Å²) in [6.07, 6.45) is 4.86. The quantitative estimate of drug-likeness (QED) is 0.656. The predicted octanol–water partition coefficient (Wildman–Crippen LogP) is 4.14. The van der Waals surface area contributed by atoms with E-state index in [1.807, 2.05) is 12.1 Å². The third-order valence-corrected chi connectivity index (χ3v) is 3.56. The Morgan fingerprint density at radius 2 is 1.94 bits per heavy atom. The molecule has 0 spiro atoms. The molecule has 0 saturated carbocycles. The summed E-state index contributed by atoms with van der Waals surface area (Å²) in [7, 11) is 0. The van der Waals surface area contributed by atoms with E-state index in [9.17, 15) is 0 Å². The first-order chi connectivity index (χ1) is 8.84. The van der Waals surface area contributed by atoms with Crippen molar-refractivity contribution in [3.63, 3.8) is 0 Å². The molecule has 1 aromatic carbocycles. The summed E-state index contributed by atoms with van der Waals surface area (Å²) >= 11 is 3.53. The molecular formula is C15H24BrNO. The number of nitrogens with one attached hydrogen (secondary N) is 1. The van der Waals surface area contributed by atoms with Gasteiger partial charge in [-0.1, -0.05) is 41.1 Å². The molecule has 0 saturated heterocycles. The average molecular weight is 314 g/mol. The van der Waals surface area contributed by atoms with Crippen LogP contribution in [0.4, 0.5) is 0 Å². The monoisotopic (exact) mass is 313 g/mol. The minimum absolute atomic E-state index is 0.704. The molecule has 0 bridgehead atoms. The second-order valence-corrected chi connectivity index (χ2v) is 5.31. The number of benzene rings is 1. The van der Waals surface area contributed by atoms with Gasteiger partial charge in [0.2, 0.25) is 0 Å². The van der Waals surface area contributed by atoms with Crippen LogP contribution in [0.15, 0.2) is 28.7 Å². The normalized spacial score (nSPS) is 10.8. The lowest BCUT2D eigenvalue weighted by molar-refractivity contribution is 0.116. The van der Waals surface area contributed by atoms with Gasteiger partial charge in [-0.25, -0.2) is 0 Å². The fourth-order valence-corrected chi connectivity index (χ4v) is 2.13. The highest BCUT2D eigenvalue weighted by atomic mass is 79.9. The molecule has 102 valence electrons. The van der Waals surface area contributed by atoms with E-state index >= 15 is 0 Å². The molecule has 0 aliphatic rings. The SMILES string of the molecule is CCCNCCCCCOCc1ccccc1Br. The summed E-state index contributed by atoms with van der Waals surface area (Å²) in [6, 6.07) is 8.22. The highest BCUT2D eigenvalue weighted by Gasteiger charge is 1.98. The van der Waals surface area contributed by atoms with E-state index in [0.717, 1.165) is 30.6 Å². The van der Waals surface area contributed by atoms with Gasteiger partial charge in [-0.15, -0.1) is 0 Å². The number of ether oxygens (including phenoxy) is 1. The van der Waals surface area contributed by atoms with Gasteiger partial charge < -0.3 is 10.1 Å². The Balaban J connectivity index is 1.94.